The highest BCUT2D eigenvalue weighted by Crippen LogP contribution is 2.18. The average molecular weight is 255 g/mol. The van der Waals surface area contributed by atoms with Crippen LogP contribution in [0.15, 0.2) is 54.1 Å². The van der Waals surface area contributed by atoms with Crippen molar-refractivity contribution in [3.63, 3.8) is 0 Å². The Hall–Kier alpha value is -2.13. The molecule has 2 aromatic carbocycles. The van der Waals surface area contributed by atoms with Gasteiger partial charge in [0, 0.05) is 19.2 Å². The van der Waals surface area contributed by atoms with Gasteiger partial charge in [0.25, 0.3) is 0 Å². The van der Waals surface area contributed by atoms with Crippen LogP contribution in [0.25, 0.3) is 10.8 Å². The molecule has 0 spiro atoms. The van der Waals surface area contributed by atoms with E-state index in [4.69, 9.17) is 5.11 Å². The van der Waals surface area contributed by atoms with Crippen LogP contribution in [0.2, 0.25) is 0 Å². The molecular formula is C16H17NO2. The highest BCUT2D eigenvalue weighted by Gasteiger charge is 2.00. The van der Waals surface area contributed by atoms with Gasteiger partial charge in [0.1, 0.15) is 0 Å². The van der Waals surface area contributed by atoms with Crippen LogP contribution in [0.5, 0.6) is 0 Å². The number of hydrogen-bond acceptors (Lipinski definition) is 2. The third kappa shape index (κ3) is 3.66. The lowest BCUT2D eigenvalue weighted by Gasteiger charge is -2.08. The summed E-state index contributed by atoms with van der Waals surface area (Å²) in [7, 11) is 0. The Labute approximate surface area is 112 Å². The molecule has 2 aromatic rings. The SMILES string of the molecule is C/C(=C/C(=O)O)CNCc1cccc2ccccc12. The molecular weight excluding hydrogens is 238 g/mol. The zero-order chi connectivity index (χ0) is 13.7. The van der Waals surface area contributed by atoms with Gasteiger partial charge in [0.05, 0.1) is 0 Å². The molecule has 3 heteroatoms. The Morgan fingerprint density at radius 3 is 2.74 bits per heavy atom. The summed E-state index contributed by atoms with van der Waals surface area (Å²) in [5, 5.41) is 14.4. The van der Waals surface area contributed by atoms with Crippen molar-refractivity contribution in [3.8, 4) is 0 Å². The van der Waals surface area contributed by atoms with E-state index in [1.54, 1.807) is 0 Å². The van der Waals surface area contributed by atoms with Crippen molar-refractivity contribution in [2.45, 2.75) is 13.5 Å². The van der Waals surface area contributed by atoms with Crippen LogP contribution in [0.1, 0.15) is 12.5 Å². The van der Waals surface area contributed by atoms with E-state index in [1.807, 2.05) is 25.1 Å². The number of carboxylic acids is 1. The number of rotatable bonds is 5. The maximum absolute atomic E-state index is 10.5. The standard InChI is InChI=1S/C16H17NO2/c1-12(9-16(18)19)10-17-11-14-7-4-6-13-5-2-3-8-15(13)14/h2-9,17H,10-11H2,1H3,(H,18,19)/b12-9-. The Morgan fingerprint density at radius 1 is 1.21 bits per heavy atom. The van der Waals surface area contributed by atoms with E-state index in [1.165, 1.54) is 22.4 Å². The molecule has 0 unspecified atom stereocenters. The van der Waals surface area contributed by atoms with Gasteiger partial charge in [0.15, 0.2) is 0 Å². The topological polar surface area (TPSA) is 49.3 Å². The largest absolute Gasteiger partial charge is 0.478 e. The Morgan fingerprint density at radius 2 is 1.95 bits per heavy atom. The zero-order valence-corrected chi connectivity index (χ0v) is 10.9. The highest BCUT2D eigenvalue weighted by molar-refractivity contribution is 5.85. The van der Waals surface area contributed by atoms with Gasteiger partial charge in [-0.2, -0.15) is 0 Å². The molecule has 0 saturated heterocycles. The first-order valence-electron chi connectivity index (χ1n) is 6.24. The fourth-order valence-electron chi connectivity index (χ4n) is 2.10. The number of hydrogen-bond donors (Lipinski definition) is 2. The van der Waals surface area contributed by atoms with Crippen molar-refractivity contribution >= 4 is 16.7 Å². The van der Waals surface area contributed by atoms with Crippen LogP contribution < -0.4 is 5.32 Å². The Bertz CT molecular complexity index is 612. The summed E-state index contributed by atoms with van der Waals surface area (Å²) in [5.41, 5.74) is 2.04. The quantitative estimate of drug-likeness (QED) is 0.808. The molecule has 2 rings (SSSR count). The van der Waals surface area contributed by atoms with E-state index < -0.39 is 5.97 Å². The normalized spacial score (nSPS) is 11.7. The summed E-state index contributed by atoms with van der Waals surface area (Å²) in [4.78, 5) is 10.5. The minimum atomic E-state index is -0.899. The van der Waals surface area contributed by atoms with Crippen LogP contribution in [0.3, 0.4) is 0 Å². The number of carbonyl (C=O) groups is 1. The summed E-state index contributed by atoms with van der Waals surface area (Å²) in [5.74, 6) is -0.899. The average Bonchev–Trinajstić information content (AvgIpc) is 2.38. The summed E-state index contributed by atoms with van der Waals surface area (Å²) in [6.07, 6.45) is 1.23. The maximum atomic E-state index is 10.5. The lowest BCUT2D eigenvalue weighted by Crippen LogP contribution is -2.16. The van der Waals surface area contributed by atoms with Crippen LogP contribution in [0.4, 0.5) is 0 Å². The summed E-state index contributed by atoms with van der Waals surface area (Å²) in [6.45, 7) is 3.12. The van der Waals surface area contributed by atoms with Crippen molar-refractivity contribution in [3.05, 3.63) is 59.7 Å². The van der Waals surface area contributed by atoms with Crippen LogP contribution in [-0.2, 0) is 11.3 Å². The van der Waals surface area contributed by atoms with E-state index in [-0.39, 0.29) is 0 Å². The molecule has 0 fully saturated rings. The highest BCUT2D eigenvalue weighted by atomic mass is 16.4. The van der Waals surface area contributed by atoms with Crippen LogP contribution in [0, 0.1) is 0 Å². The lowest BCUT2D eigenvalue weighted by molar-refractivity contribution is -0.131. The number of nitrogens with one attached hydrogen (secondary N) is 1. The van der Waals surface area contributed by atoms with Gasteiger partial charge in [-0.1, -0.05) is 48.0 Å². The van der Waals surface area contributed by atoms with Gasteiger partial charge >= 0.3 is 5.97 Å². The molecule has 0 aliphatic heterocycles. The third-order valence-electron chi connectivity index (χ3n) is 2.97. The Kier molecular flexibility index (Phi) is 4.31. The lowest BCUT2D eigenvalue weighted by atomic mass is 10.0. The van der Waals surface area contributed by atoms with Gasteiger partial charge in [-0.05, 0) is 23.3 Å². The molecule has 0 saturated carbocycles. The molecule has 98 valence electrons. The van der Waals surface area contributed by atoms with Gasteiger partial charge in [-0.3, -0.25) is 0 Å². The minimum Gasteiger partial charge on any atom is -0.478 e. The number of aliphatic carboxylic acids is 1. The molecule has 2 N–H and O–H groups in total. The second-order valence-corrected chi connectivity index (χ2v) is 4.57. The Balaban J connectivity index is 2.04. The van der Waals surface area contributed by atoms with Crippen molar-refractivity contribution in [1.82, 2.24) is 5.32 Å². The monoisotopic (exact) mass is 255 g/mol. The van der Waals surface area contributed by atoms with Crippen molar-refractivity contribution in [2.75, 3.05) is 6.54 Å². The molecule has 0 bridgehead atoms. The molecule has 0 aliphatic rings. The number of fused-ring (bicyclic) bond motifs is 1. The van der Waals surface area contributed by atoms with E-state index in [0.717, 1.165) is 12.1 Å². The van der Waals surface area contributed by atoms with Gasteiger partial charge in [-0.25, -0.2) is 4.79 Å². The van der Waals surface area contributed by atoms with Gasteiger partial charge in [0.2, 0.25) is 0 Å². The molecule has 0 aliphatic carbocycles. The number of carboxylic acid groups (broad SMARTS) is 1. The first-order valence-corrected chi connectivity index (χ1v) is 6.24. The first kappa shape index (κ1) is 13.3. The fraction of sp³-hybridized carbons (Fsp3) is 0.188. The minimum absolute atomic E-state index is 0.579. The number of benzene rings is 2. The maximum Gasteiger partial charge on any atom is 0.328 e. The second-order valence-electron chi connectivity index (χ2n) is 4.57. The molecule has 19 heavy (non-hydrogen) atoms. The second kappa shape index (κ2) is 6.16. The smallest absolute Gasteiger partial charge is 0.328 e. The first-order chi connectivity index (χ1) is 9.16. The van der Waals surface area contributed by atoms with Crippen LogP contribution in [-0.4, -0.2) is 17.6 Å². The zero-order valence-electron chi connectivity index (χ0n) is 10.9. The van der Waals surface area contributed by atoms with Crippen molar-refractivity contribution in [2.24, 2.45) is 0 Å². The molecule has 0 amide bonds. The van der Waals surface area contributed by atoms with Gasteiger partial charge < -0.3 is 10.4 Å². The molecule has 0 radical (unpaired) electrons. The fourth-order valence-corrected chi connectivity index (χ4v) is 2.10. The third-order valence-corrected chi connectivity index (χ3v) is 2.97. The van der Waals surface area contributed by atoms with Crippen molar-refractivity contribution < 1.29 is 9.90 Å². The molecule has 0 atom stereocenters. The predicted octanol–water partition coefficient (Wildman–Crippen LogP) is 2.96. The van der Waals surface area contributed by atoms with E-state index in [0.29, 0.717) is 6.54 Å². The molecule has 0 aromatic heterocycles. The van der Waals surface area contributed by atoms with Gasteiger partial charge in [-0.15, -0.1) is 0 Å². The van der Waals surface area contributed by atoms with E-state index in [2.05, 4.69) is 29.6 Å². The molecule has 0 heterocycles. The van der Waals surface area contributed by atoms with E-state index >= 15 is 0 Å². The van der Waals surface area contributed by atoms with Crippen molar-refractivity contribution in [1.29, 1.82) is 0 Å². The molecule has 3 nitrogen and oxygen atoms in total. The summed E-state index contributed by atoms with van der Waals surface area (Å²) < 4.78 is 0. The summed E-state index contributed by atoms with van der Waals surface area (Å²) >= 11 is 0. The summed E-state index contributed by atoms with van der Waals surface area (Å²) in [6, 6.07) is 14.5. The van der Waals surface area contributed by atoms with E-state index in [9.17, 15) is 4.79 Å². The predicted molar refractivity (Wildman–Crippen MR) is 77.0 cm³/mol. The van der Waals surface area contributed by atoms with Crippen LogP contribution >= 0.6 is 0 Å².